The molecule has 0 aliphatic heterocycles. The third-order valence-electron chi connectivity index (χ3n) is 3.14. The van der Waals surface area contributed by atoms with E-state index in [1.807, 2.05) is 0 Å². The Hall–Kier alpha value is -1.32. The number of hydrogen-bond donors (Lipinski definition) is 2. The summed E-state index contributed by atoms with van der Waals surface area (Å²) in [5, 5.41) is 19.4. The van der Waals surface area contributed by atoms with Crippen molar-refractivity contribution < 1.29 is 5.21 Å². The summed E-state index contributed by atoms with van der Waals surface area (Å²) in [7, 11) is 0. The summed E-state index contributed by atoms with van der Waals surface area (Å²) in [6.45, 7) is 14.3. The molecule has 118 valence electrons. The second-order valence-corrected chi connectivity index (χ2v) is 4.30. The molecular weight excluding hydrogens is 254 g/mol. The lowest BCUT2D eigenvalue weighted by molar-refractivity contribution is 0.301. The highest BCUT2D eigenvalue weighted by molar-refractivity contribution is 5.79. The zero-order valence-electron chi connectivity index (χ0n) is 13.5. The van der Waals surface area contributed by atoms with Gasteiger partial charge in [0.05, 0.1) is 6.07 Å². The van der Waals surface area contributed by atoms with Crippen LogP contribution < -0.4 is 5.73 Å². The van der Waals surface area contributed by atoms with E-state index in [4.69, 9.17) is 16.2 Å². The molecule has 0 spiro atoms. The molecule has 6 heteroatoms. The summed E-state index contributed by atoms with van der Waals surface area (Å²) in [6.07, 6.45) is 1.29. The van der Waals surface area contributed by atoms with Gasteiger partial charge in [0.25, 0.3) is 0 Å². The molecular formula is C14H31N5O. The van der Waals surface area contributed by atoms with Crippen LogP contribution >= 0.6 is 0 Å². The fraction of sp³-hybridized carbons (Fsp3) is 0.857. The zero-order valence-corrected chi connectivity index (χ0v) is 13.5. The number of amidine groups is 1. The smallest absolute Gasteiger partial charge is 0.140 e. The number of rotatable bonds is 9. The lowest BCUT2D eigenvalue weighted by atomic mass is 10.3. The summed E-state index contributed by atoms with van der Waals surface area (Å²) in [5.41, 5.74) is 5.30. The lowest BCUT2D eigenvalue weighted by Gasteiger charge is -2.16. The summed E-state index contributed by atoms with van der Waals surface area (Å²) in [5.74, 6) is 0.303. The first-order valence-corrected chi connectivity index (χ1v) is 7.37. The first kappa shape index (κ1) is 21.0. The minimum absolute atomic E-state index is 0.303. The van der Waals surface area contributed by atoms with Crippen molar-refractivity contribution in [2.24, 2.45) is 10.9 Å². The molecule has 0 rings (SSSR count). The predicted molar refractivity (Wildman–Crippen MR) is 83.8 cm³/mol. The molecule has 0 aromatic carbocycles. The zero-order chi connectivity index (χ0) is 15.8. The van der Waals surface area contributed by atoms with Crippen molar-refractivity contribution in [1.29, 1.82) is 5.26 Å². The van der Waals surface area contributed by atoms with Crippen LogP contribution in [0.2, 0.25) is 0 Å². The number of oxime groups is 1. The van der Waals surface area contributed by atoms with E-state index in [0.29, 0.717) is 18.7 Å². The van der Waals surface area contributed by atoms with Gasteiger partial charge in [-0.2, -0.15) is 5.26 Å². The van der Waals surface area contributed by atoms with Gasteiger partial charge in [-0.25, -0.2) is 0 Å². The van der Waals surface area contributed by atoms with Gasteiger partial charge in [-0.15, -0.1) is 0 Å². The average Bonchev–Trinajstić information content (AvgIpc) is 2.49. The molecule has 0 bridgehead atoms. The van der Waals surface area contributed by atoms with Crippen molar-refractivity contribution in [2.45, 2.75) is 40.5 Å². The van der Waals surface area contributed by atoms with Crippen LogP contribution in [0, 0.1) is 11.3 Å². The molecule has 0 aliphatic carbocycles. The first-order valence-electron chi connectivity index (χ1n) is 7.37. The van der Waals surface area contributed by atoms with Crippen LogP contribution in [0.1, 0.15) is 40.5 Å². The van der Waals surface area contributed by atoms with Crippen molar-refractivity contribution >= 4 is 5.84 Å². The number of hydrogen-bond acceptors (Lipinski definition) is 5. The second kappa shape index (κ2) is 15.7. The maximum absolute atomic E-state index is 8.24. The normalized spacial score (nSPS) is 11.2. The molecule has 0 saturated heterocycles. The summed E-state index contributed by atoms with van der Waals surface area (Å²) in [6, 6.07) is 2.13. The Morgan fingerprint density at radius 1 is 1.05 bits per heavy atom. The summed E-state index contributed by atoms with van der Waals surface area (Å²) in [4.78, 5) is 4.46. The maximum atomic E-state index is 8.24. The number of nitrogens with zero attached hydrogens (tertiary/aromatic N) is 4. The van der Waals surface area contributed by atoms with E-state index in [9.17, 15) is 0 Å². The summed E-state index contributed by atoms with van der Waals surface area (Å²) < 4.78 is 0. The minimum atomic E-state index is 0.303. The molecule has 0 atom stereocenters. The third kappa shape index (κ3) is 13.1. The van der Waals surface area contributed by atoms with Gasteiger partial charge in [-0.3, -0.25) is 0 Å². The topological polar surface area (TPSA) is 88.9 Å². The molecule has 0 saturated carbocycles. The molecule has 3 N–H and O–H groups in total. The molecule has 0 heterocycles. The van der Waals surface area contributed by atoms with E-state index < -0.39 is 0 Å². The van der Waals surface area contributed by atoms with Crippen LogP contribution in [0.15, 0.2) is 5.16 Å². The van der Waals surface area contributed by atoms with Gasteiger partial charge in [0, 0.05) is 25.9 Å². The molecule has 0 fully saturated rings. The molecule has 0 unspecified atom stereocenters. The average molecular weight is 285 g/mol. The van der Waals surface area contributed by atoms with Gasteiger partial charge in [0.15, 0.2) is 0 Å². The van der Waals surface area contributed by atoms with Gasteiger partial charge in [0.2, 0.25) is 0 Å². The van der Waals surface area contributed by atoms with Crippen LogP contribution in [0.25, 0.3) is 0 Å². The maximum Gasteiger partial charge on any atom is 0.140 e. The highest BCUT2D eigenvalue weighted by Gasteiger charge is 1.99. The molecule has 20 heavy (non-hydrogen) atoms. The SMILES string of the molecule is CCN(CC)CC/C(N)=N/O.CCN(CC)CCC#N. The third-order valence-corrected chi connectivity index (χ3v) is 3.14. The Bertz CT molecular complexity index is 267. The molecule has 0 aromatic heterocycles. The van der Waals surface area contributed by atoms with Gasteiger partial charge < -0.3 is 20.7 Å². The highest BCUT2D eigenvalue weighted by Crippen LogP contribution is 1.90. The standard InChI is InChI=1S/C7H17N3O.C7H14N2/c1-3-10(4-2)6-5-7(8)9-11;1-3-9(4-2)7-5-6-8/h11H,3-6H2,1-2H3,(H2,8,9);3-5,7H2,1-2H3. The van der Waals surface area contributed by atoms with Crippen molar-refractivity contribution in [2.75, 3.05) is 39.3 Å². The van der Waals surface area contributed by atoms with Crippen LogP contribution in [0.3, 0.4) is 0 Å². The summed E-state index contributed by atoms with van der Waals surface area (Å²) >= 11 is 0. The largest absolute Gasteiger partial charge is 0.409 e. The molecule has 0 aliphatic rings. The van der Waals surface area contributed by atoms with Crippen LogP contribution in [0.5, 0.6) is 0 Å². The van der Waals surface area contributed by atoms with Gasteiger partial charge in [-0.05, 0) is 26.2 Å². The predicted octanol–water partition coefficient (Wildman–Crippen LogP) is 1.71. The van der Waals surface area contributed by atoms with E-state index in [1.165, 1.54) is 0 Å². The fourth-order valence-electron chi connectivity index (χ4n) is 1.61. The van der Waals surface area contributed by atoms with Crippen LogP contribution in [-0.4, -0.2) is 60.1 Å². The molecule has 0 radical (unpaired) electrons. The Kier molecular flexibility index (Phi) is 16.5. The molecule has 0 amide bonds. The van der Waals surface area contributed by atoms with Crippen LogP contribution in [-0.2, 0) is 0 Å². The first-order chi connectivity index (χ1) is 9.59. The van der Waals surface area contributed by atoms with E-state index >= 15 is 0 Å². The van der Waals surface area contributed by atoms with Gasteiger partial charge in [-0.1, -0.05) is 32.9 Å². The Morgan fingerprint density at radius 3 is 1.85 bits per heavy atom. The van der Waals surface area contributed by atoms with E-state index in [0.717, 1.165) is 39.3 Å². The van der Waals surface area contributed by atoms with E-state index in [-0.39, 0.29) is 0 Å². The molecule has 6 nitrogen and oxygen atoms in total. The van der Waals surface area contributed by atoms with E-state index in [2.05, 4.69) is 48.7 Å². The number of nitrogens with two attached hydrogens (primary N) is 1. The van der Waals surface area contributed by atoms with E-state index in [1.54, 1.807) is 0 Å². The van der Waals surface area contributed by atoms with Gasteiger partial charge in [0.1, 0.15) is 5.84 Å². The Morgan fingerprint density at radius 2 is 1.50 bits per heavy atom. The quantitative estimate of drug-likeness (QED) is 0.291. The van der Waals surface area contributed by atoms with Gasteiger partial charge >= 0.3 is 0 Å². The fourth-order valence-corrected chi connectivity index (χ4v) is 1.61. The second-order valence-electron chi connectivity index (χ2n) is 4.30. The van der Waals surface area contributed by atoms with Crippen molar-refractivity contribution in [3.05, 3.63) is 0 Å². The number of nitriles is 1. The Balaban J connectivity index is 0. The highest BCUT2D eigenvalue weighted by atomic mass is 16.4. The van der Waals surface area contributed by atoms with Crippen molar-refractivity contribution in [3.8, 4) is 6.07 Å². The molecule has 0 aromatic rings. The lowest BCUT2D eigenvalue weighted by Crippen LogP contribution is -2.27. The van der Waals surface area contributed by atoms with Crippen LogP contribution in [0.4, 0.5) is 0 Å². The Labute approximate surface area is 123 Å². The van der Waals surface area contributed by atoms with Crippen molar-refractivity contribution in [1.82, 2.24) is 9.80 Å². The van der Waals surface area contributed by atoms with Crippen molar-refractivity contribution in [3.63, 3.8) is 0 Å². The monoisotopic (exact) mass is 285 g/mol. The minimum Gasteiger partial charge on any atom is -0.409 e.